The minimum atomic E-state index is -0.262. The number of rotatable bonds is 8. The van der Waals surface area contributed by atoms with Gasteiger partial charge in [0.2, 0.25) is 11.7 Å². The highest BCUT2D eigenvalue weighted by Crippen LogP contribution is 2.12. The molecule has 1 aromatic carbocycles. The van der Waals surface area contributed by atoms with Crippen molar-refractivity contribution < 1.29 is 14.4 Å². The molecule has 10 nitrogen and oxygen atoms in total. The summed E-state index contributed by atoms with van der Waals surface area (Å²) in [6, 6.07) is 13.8. The standard InChI is InChI=1S/C27H31N7O3/c1-31(2)25-13-14-34(30-25)27(37)21-10-7-20(8-11-21)9-12-23(35)22-5-4-6-24(29-22)28-19-26(36)33-17-15-32(3)16-18-33/h4-14H,15-19H2,1-3H3,(H,28,29). The van der Waals surface area contributed by atoms with Gasteiger partial charge in [-0.1, -0.05) is 24.3 Å². The van der Waals surface area contributed by atoms with E-state index in [9.17, 15) is 14.4 Å². The quantitative estimate of drug-likeness (QED) is 0.370. The average Bonchev–Trinajstić information content (AvgIpc) is 3.42. The first-order valence-electron chi connectivity index (χ1n) is 12.1. The van der Waals surface area contributed by atoms with Crippen LogP contribution in [0.25, 0.3) is 6.08 Å². The number of piperazine rings is 1. The van der Waals surface area contributed by atoms with Crippen molar-refractivity contribution >= 4 is 35.3 Å². The summed E-state index contributed by atoms with van der Waals surface area (Å²) in [6.07, 6.45) is 4.74. The number of anilines is 2. The van der Waals surface area contributed by atoms with Crippen molar-refractivity contribution in [2.45, 2.75) is 0 Å². The van der Waals surface area contributed by atoms with E-state index in [2.05, 4.69) is 20.3 Å². The van der Waals surface area contributed by atoms with Gasteiger partial charge in [0.25, 0.3) is 5.91 Å². The van der Waals surface area contributed by atoms with Gasteiger partial charge in [-0.3, -0.25) is 14.4 Å². The molecule has 3 heterocycles. The number of carbonyl (C=O) groups excluding carboxylic acids is 3. The third kappa shape index (κ3) is 6.68. The van der Waals surface area contributed by atoms with E-state index in [4.69, 9.17) is 0 Å². The molecule has 37 heavy (non-hydrogen) atoms. The second kappa shape index (κ2) is 11.6. The first-order valence-corrected chi connectivity index (χ1v) is 12.1. The van der Waals surface area contributed by atoms with Crippen LogP contribution in [-0.2, 0) is 4.79 Å². The molecule has 192 valence electrons. The monoisotopic (exact) mass is 501 g/mol. The summed E-state index contributed by atoms with van der Waals surface area (Å²) in [5.74, 6) is 0.682. The summed E-state index contributed by atoms with van der Waals surface area (Å²) in [4.78, 5) is 48.0. The van der Waals surface area contributed by atoms with Crippen LogP contribution in [0.4, 0.5) is 11.6 Å². The Balaban J connectivity index is 1.33. The Labute approximate surface area is 216 Å². The highest BCUT2D eigenvalue weighted by atomic mass is 16.2. The van der Waals surface area contributed by atoms with Crippen LogP contribution in [-0.4, -0.2) is 96.0 Å². The van der Waals surface area contributed by atoms with Gasteiger partial charge in [0.15, 0.2) is 5.82 Å². The Morgan fingerprint density at radius 2 is 1.73 bits per heavy atom. The molecule has 1 N–H and O–H groups in total. The van der Waals surface area contributed by atoms with Crippen LogP contribution in [0.1, 0.15) is 26.4 Å². The number of carbonyl (C=O) groups is 3. The highest BCUT2D eigenvalue weighted by molar-refractivity contribution is 6.05. The summed E-state index contributed by atoms with van der Waals surface area (Å²) < 4.78 is 1.30. The fourth-order valence-corrected chi connectivity index (χ4v) is 3.80. The third-order valence-electron chi connectivity index (χ3n) is 6.10. The van der Waals surface area contributed by atoms with Gasteiger partial charge >= 0.3 is 0 Å². The van der Waals surface area contributed by atoms with Gasteiger partial charge in [0, 0.05) is 58.1 Å². The van der Waals surface area contributed by atoms with Crippen LogP contribution in [0.3, 0.4) is 0 Å². The molecule has 0 spiro atoms. The molecule has 0 atom stereocenters. The number of hydrogen-bond donors (Lipinski definition) is 1. The lowest BCUT2D eigenvalue weighted by atomic mass is 10.1. The maximum atomic E-state index is 12.7. The maximum Gasteiger partial charge on any atom is 0.278 e. The number of pyridine rings is 1. The van der Waals surface area contributed by atoms with Gasteiger partial charge in [-0.25, -0.2) is 9.67 Å². The largest absolute Gasteiger partial charge is 0.361 e. The fourth-order valence-electron chi connectivity index (χ4n) is 3.80. The van der Waals surface area contributed by atoms with Crippen molar-refractivity contribution in [3.63, 3.8) is 0 Å². The summed E-state index contributed by atoms with van der Waals surface area (Å²) in [5, 5.41) is 7.28. The molecule has 0 unspecified atom stereocenters. The lowest BCUT2D eigenvalue weighted by molar-refractivity contribution is -0.130. The van der Waals surface area contributed by atoms with E-state index in [1.54, 1.807) is 60.8 Å². The Bertz CT molecular complexity index is 1290. The van der Waals surface area contributed by atoms with E-state index in [1.165, 1.54) is 10.8 Å². The van der Waals surface area contributed by atoms with Crippen molar-refractivity contribution in [3.8, 4) is 0 Å². The third-order valence-corrected chi connectivity index (χ3v) is 6.10. The van der Waals surface area contributed by atoms with Gasteiger partial charge < -0.3 is 20.0 Å². The van der Waals surface area contributed by atoms with Gasteiger partial charge in [0.1, 0.15) is 11.5 Å². The van der Waals surface area contributed by atoms with E-state index in [-0.39, 0.29) is 29.8 Å². The van der Waals surface area contributed by atoms with E-state index in [0.29, 0.717) is 30.3 Å². The Hall–Kier alpha value is -4.31. The summed E-state index contributed by atoms with van der Waals surface area (Å²) in [7, 11) is 5.76. The fraction of sp³-hybridized carbons (Fsp3) is 0.296. The van der Waals surface area contributed by atoms with Gasteiger partial charge in [-0.2, -0.15) is 0 Å². The first-order chi connectivity index (χ1) is 17.8. The van der Waals surface area contributed by atoms with Crippen LogP contribution in [0.5, 0.6) is 0 Å². The summed E-state index contributed by atoms with van der Waals surface area (Å²) in [6.45, 7) is 3.28. The molecule has 0 bridgehead atoms. The molecular weight excluding hydrogens is 470 g/mol. The number of ketones is 1. The SMILES string of the molecule is CN1CCN(C(=O)CNc2cccc(C(=O)C=Cc3ccc(C(=O)n4ccc(N(C)C)n4)cc3)n2)CC1. The molecule has 1 saturated heterocycles. The zero-order chi connectivity index (χ0) is 26.4. The molecule has 1 aliphatic heterocycles. The number of allylic oxidation sites excluding steroid dienone is 1. The predicted octanol–water partition coefficient (Wildman–Crippen LogP) is 2.11. The van der Waals surface area contributed by atoms with Crippen molar-refractivity contribution in [1.29, 1.82) is 0 Å². The van der Waals surface area contributed by atoms with Gasteiger partial charge in [-0.05, 0) is 43.0 Å². The topological polar surface area (TPSA) is 104 Å². The number of benzene rings is 1. The lowest BCUT2D eigenvalue weighted by Crippen LogP contribution is -2.48. The average molecular weight is 502 g/mol. The molecule has 1 aliphatic rings. The smallest absolute Gasteiger partial charge is 0.278 e. The first kappa shape index (κ1) is 25.8. The van der Waals surface area contributed by atoms with Crippen molar-refractivity contribution in [3.05, 3.63) is 77.6 Å². The maximum absolute atomic E-state index is 12.7. The molecule has 10 heteroatoms. The van der Waals surface area contributed by atoms with Gasteiger partial charge in [-0.15, -0.1) is 5.10 Å². The van der Waals surface area contributed by atoms with Crippen molar-refractivity contribution in [2.75, 3.05) is 64.1 Å². The van der Waals surface area contributed by atoms with E-state index < -0.39 is 0 Å². The normalized spacial score (nSPS) is 14.1. The molecular formula is C27H31N7O3. The van der Waals surface area contributed by atoms with Crippen LogP contribution >= 0.6 is 0 Å². The Kier molecular flexibility index (Phi) is 8.09. The molecule has 1 fully saturated rings. The molecule has 0 saturated carbocycles. The summed E-state index contributed by atoms with van der Waals surface area (Å²) in [5.41, 5.74) is 1.53. The minimum Gasteiger partial charge on any atom is -0.361 e. The molecule has 3 aromatic rings. The van der Waals surface area contributed by atoms with E-state index in [0.717, 1.165) is 18.7 Å². The summed E-state index contributed by atoms with van der Waals surface area (Å²) >= 11 is 0. The lowest BCUT2D eigenvalue weighted by Gasteiger charge is -2.32. The van der Waals surface area contributed by atoms with E-state index in [1.807, 2.05) is 30.9 Å². The zero-order valence-corrected chi connectivity index (χ0v) is 21.3. The molecule has 0 radical (unpaired) electrons. The molecule has 0 aliphatic carbocycles. The second-order valence-electron chi connectivity index (χ2n) is 9.08. The van der Waals surface area contributed by atoms with Gasteiger partial charge in [0.05, 0.1) is 6.54 Å². The number of amides is 1. The number of likely N-dealkylation sites (N-methyl/N-ethyl adjacent to an activating group) is 1. The molecule has 1 amide bonds. The zero-order valence-electron chi connectivity index (χ0n) is 21.3. The second-order valence-corrected chi connectivity index (χ2v) is 9.08. The Morgan fingerprint density at radius 1 is 1.00 bits per heavy atom. The van der Waals surface area contributed by atoms with Crippen LogP contribution in [0.2, 0.25) is 0 Å². The highest BCUT2D eigenvalue weighted by Gasteiger charge is 2.18. The van der Waals surface area contributed by atoms with Crippen LogP contribution in [0.15, 0.2) is 60.8 Å². The number of aromatic nitrogens is 3. The van der Waals surface area contributed by atoms with Crippen LogP contribution in [0, 0.1) is 0 Å². The van der Waals surface area contributed by atoms with Crippen molar-refractivity contribution in [1.82, 2.24) is 24.6 Å². The number of hydrogen-bond acceptors (Lipinski definition) is 8. The predicted molar refractivity (Wildman–Crippen MR) is 143 cm³/mol. The van der Waals surface area contributed by atoms with E-state index >= 15 is 0 Å². The number of nitrogens with one attached hydrogen (secondary N) is 1. The van der Waals surface area contributed by atoms with Crippen molar-refractivity contribution in [2.24, 2.45) is 0 Å². The van der Waals surface area contributed by atoms with Crippen LogP contribution < -0.4 is 10.2 Å². The Morgan fingerprint density at radius 3 is 2.41 bits per heavy atom. The molecule has 4 rings (SSSR count). The molecule has 2 aromatic heterocycles. The number of nitrogens with zero attached hydrogens (tertiary/aromatic N) is 6. The minimum absolute atomic E-state index is 0.0131.